The predicted octanol–water partition coefficient (Wildman–Crippen LogP) is 4.00. The van der Waals surface area contributed by atoms with Crippen molar-refractivity contribution in [3.8, 4) is 0 Å². The van der Waals surface area contributed by atoms with Crippen LogP contribution in [0.3, 0.4) is 0 Å². The van der Waals surface area contributed by atoms with E-state index in [2.05, 4.69) is 4.90 Å². The number of benzene rings is 2. The molecule has 0 bridgehead atoms. The van der Waals surface area contributed by atoms with E-state index < -0.39 is 10.0 Å². The molecule has 0 radical (unpaired) electrons. The van der Waals surface area contributed by atoms with Crippen LogP contribution in [0.2, 0.25) is 10.0 Å². The molecule has 0 amide bonds. The third-order valence-corrected chi connectivity index (χ3v) is 6.41. The minimum atomic E-state index is -3.72. The van der Waals surface area contributed by atoms with E-state index in [1.54, 1.807) is 18.2 Å². The zero-order chi connectivity index (χ0) is 17.5. The third-order valence-electron chi connectivity index (χ3n) is 4.16. The maximum atomic E-state index is 12.0. The number of rotatable bonds is 3. The Morgan fingerprint density at radius 2 is 1.96 bits per heavy atom. The highest BCUT2D eigenvalue weighted by Crippen LogP contribution is 2.38. The summed E-state index contributed by atoms with van der Waals surface area (Å²) in [5, 5.41) is 1.19. The molecule has 1 aliphatic rings. The molecular formula is C16H15Cl3N2O2S. The third kappa shape index (κ3) is 3.43. The van der Waals surface area contributed by atoms with Gasteiger partial charge >= 0.3 is 0 Å². The van der Waals surface area contributed by atoms with Crippen molar-refractivity contribution >= 4 is 45.0 Å². The molecule has 24 heavy (non-hydrogen) atoms. The Hall–Kier alpha value is -0.820. The molecule has 8 heteroatoms. The highest BCUT2D eigenvalue weighted by molar-refractivity contribution is 7.90. The second-order valence-electron chi connectivity index (χ2n) is 5.86. The molecule has 3 rings (SSSR count). The zero-order valence-electron chi connectivity index (χ0n) is 12.8. The van der Waals surface area contributed by atoms with E-state index >= 15 is 0 Å². The fourth-order valence-corrected chi connectivity index (χ4v) is 4.55. The van der Waals surface area contributed by atoms with E-state index in [1.807, 2.05) is 23.4 Å². The van der Waals surface area contributed by atoms with Gasteiger partial charge in [0.15, 0.2) is 0 Å². The SMILES string of the molecule is CN1Cc2c(Cl)cc(Cl)cc2C(c2cccc(S(=O)(=O)NCl)c2)C1. The molecule has 0 saturated heterocycles. The number of hydrogen-bond acceptors (Lipinski definition) is 3. The van der Waals surface area contributed by atoms with Crippen LogP contribution < -0.4 is 4.24 Å². The molecule has 1 heterocycles. The fourth-order valence-electron chi connectivity index (χ4n) is 3.07. The van der Waals surface area contributed by atoms with Crippen LogP contribution in [0.25, 0.3) is 0 Å². The summed E-state index contributed by atoms with van der Waals surface area (Å²) in [6, 6.07) is 10.4. The molecule has 0 spiro atoms. The van der Waals surface area contributed by atoms with Crippen LogP contribution in [0.4, 0.5) is 0 Å². The molecule has 4 nitrogen and oxygen atoms in total. The van der Waals surface area contributed by atoms with Crippen molar-refractivity contribution in [2.45, 2.75) is 17.4 Å². The van der Waals surface area contributed by atoms with Crippen LogP contribution in [-0.2, 0) is 16.6 Å². The topological polar surface area (TPSA) is 49.4 Å². The van der Waals surface area contributed by atoms with Crippen molar-refractivity contribution in [1.29, 1.82) is 0 Å². The van der Waals surface area contributed by atoms with Gasteiger partial charge in [0.1, 0.15) is 0 Å². The number of halogens is 3. The average Bonchev–Trinajstić information content (AvgIpc) is 2.55. The lowest BCUT2D eigenvalue weighted by molar-refractivity contribution is 0.295. The van der Waals surface area contributed by atoms with E-state index in [9.17, 15) is 8.42 Å². The van der Waals surface area contributed by atoms with Crippen molar-refractivity contribution in [3.63, 3.8) is 0 Å². The fraction of sp³-hybridized carbons (Fsp3) is 0.250. The molecule has 0 saturated carbocycles. The van der Waals surface area contributed by atoms with E-state index in [0.29, 0.717) is 10.0 Å². The molecule has 2 aromatic rings. The lowest BCUT2D eigenvalue weighted by Gasteiger charge is -2.33. The van der Waals surface area contributed by atoms with Gasteiger partial charge in [-0.1, -0.05) is 35.3 Å². The summed E-state index contributed by atoms with van der Waals surface area (Å²) < 4.78 is 25.7. The van der Waals surface area contributed by atoms with E-state index in [1.165, 1.54) is 6.07 Å². The summed E-state index contributed by atoms with van der Waals surface area (Å²) in [4.78, 5) is 2.27. The molecule has 1 atom stereocenters. The Labute approximate surface area is 156 Å². The standard InChI is InChI=1S/C16H15Cl3N2O2S/c1-21-8-14(13-6-11(17)7-16(18)15(13)9-21)10-3-2-4-12(5-10)24(22,23)20-19/h2-7,14,20H,8-9H2,1H3. The van der Waals surface area contributed by atoms with Crippen molar-refractivity contribution in [1.82, 2.24) is 9.14 Å². The monoisotopic (exact) mass is 404 g/mol. The first kappa shape index (κ1) is 18.0. The van der Waals surface area contributed by atoms with Crippen LogP contribution in [0.15, 0.2) is 41.3 Å². The van der Waals surface area contributed by atoms with Crippen LogP contribution in [0, 0.1) is 0 Å². The number of likely N-dealkylation sites (N-methyl/N-ethyl adjacent to an activating group) is 1. The predicted molar refractivity (Wildman–Crippen MR) is 97.3 cm³/mol. The summed E-state index contributed by atoms with van der Waals surface area (Å²) in [5.41, 5.74) is 2.91. The van der Waals surface area contributed by atoms with E-state index in [-0.39, 0.29) is 10.8 Å². The Bertz CT molecular complexity index is 887. The largest absolute Gasteiger partial charge is 0.301 e. The van der Waals surface area contributed by atoms with Gasteiger partial charge in [0.25, 0.3) is 10.0 Å². The zero-order valence-corrected chi connectivity index (χ0v) is 15.8. The lowest BCUT2D eigenvalue weighted by atomic mass is 9.85. The number of nitrogens with zero attached hydrogens (tertiary/aromatic N) is 1. The van der Waals surface area contributed by atoms with Crippen LogP contribution in [0.5, 0.6) is 0 Å². The summed E-state index contributed by atoms with van der Waals surface area (Å²) in [7, 11) is -1.72. The number of fused-ring (bicyclic) bond motifs is 1. The smallest absolute Gasteiger partial charge is 0.253 e. The normalized spacial score (nSPS) is 18.4. The van der Waals surface area contributed by atoms with Crippen molar-refractivity contribution < 1.29 is 8.42 Å². The molecule has 0 fully saturated rings. The van der Waals surface area contributed by atoms with Gasteiger partial charge in [-0.3, -0.25) is 0 Å². The molecule has 1 unspecified atom stereocenters. The number of hydrogen-bond donors (Lipinski definition) is 1. The summed E-state index contributed by atoms with van der Waals surface area (Å²) in [6.07, 6.45) is 0. The second kappa shape index (κ2) is 6.83. The van der Waals surface area contributed by atoms with Gasteiger partial charge in [0.05, 0.1) is 4.90 Å². The number of sulfonamides is 1. The first-order valence-electron chi connectivity index (χ1n) is 7.20. The molecule has 0 aliphatic carbocycles. The summed E-state index contributed by atoms with van der Waals surface area (Å²) in [5.74, 6) is -0.0274. The molecule has 0 aromatic heterocycles. The van der Waals surface area contributed by atoms with Crippen LogP contribution in [-0.4, -0.2) is 26.9 Å². The molecule has 1 N–H and O–H groups in total. The average molecular weight is 406 g/mol. The minimum absolute atomic E-state index is 0.0274. The molecule has 2 aromatic carbocycles. The Morgan fingerprint density at radius 3 is 2.67 bits per heavy atom. The van der Waals surface area contributed by atoms with Crippen molar-refractivity contribution in [2.24, 2.45) is 0 Å². The van der Waals surface area contributed by atoms with Gasteiger partial charge in [-0.15, -0.1) is 4.24 Å². The molecule has 1 aliphatic heterocycles. The van der Waals surface area contributed by atoms with Gasteiger partial charge in [0, 0.05) is 29.1 Å². The van der Waals surface area contributed by atoms with Gasteiger partial charge < -0.3 is 4.90 Å². The summed E-state index contributed by atoms with van der Waals surface area (Å²) in [6.45, 7) is 1.46. The Kier molecular flexibility index (Phi) is 5.12. The van der Waals surface area contributed by atoms with E-state index in [4.69, 9.17) is 35.0 Å². The summed E-state index contributed by atoms with van der Waals surface area (Å²) >= 11 is 17.9. The van der Waals surface area contributed by atoms with Gasteiger partial charge in [-0.05, 0) is 59.8 Å². The lowest BCUT2D eigenvalue weighted by Crippen LogP contribution is -2.31. The quantitative estimate of drug-likeness (QED) is 0.785. The first-order valence-corrected chi connectivity index (χ1v) is 9.82. The first-order chi connectivity index (χ1) is 11.3. The molecular weight excluding hydrogens is 391 g/mol. The van der Waals surface area contributed by atoms with Crippen LogP contribution >= 0.6 is 35.0 Å². The molecule has 128 valence electrons. The van der Waals surface area contributed by atoms with Gasteiger partial charge in [-0.2, -0.15) is 0 Å². The van der Waals surface area contributed by atoms with Crippen molar-refractivity contribution in [3.05, 3.63) is 63.1 Å². The Morgan fingerprint density at radius 1 is 1.21 bits per heavy atom. The van der Waals surface area contributed by atoms with E-state index in [0.717, 1.165) is 29.8 Å². The number of nitrogens with one attached hydrogen (secondary N) is 1. The van der Waals surface area contributed by atoms with Gasteiger partial charge in [-0.25, -0.2) is 8.42 Å². The maximum absolute atomic E-state index is 12.0. The second-order valence-corrected chi connectivity index (χ2v) is 8.80. The highest BCUT2D eigenvalue weighted by atomic mass is 35.5. The van der Waals surface area contributed by atoms with Crippen LogP contribution in [0.1, 0.15) is 22.6 Å². The van der Waals surface area contributed by atoms with Crippen molar-refractivity contribution in [2.75, 3.05) is 13.6 Å². The maximum Gasteiger partial charge on any atom is 0.253 e. The minimum Gasteiger partial charge on any atom is -0.301 e. The highest BCUT2D eigenvalue weighted by Gasteiger charge is 2.28. The van der Waals surface area contributed by atoms with Gasteiger partial charge in [0.2, 0.25) is 0 Å². The Balaban J connectivity index is 2.13.